The number of nitrogens with zero attached hydrogens (tertiary/aromatic N) is 1. The van der Waals surface area contributed by atoms with E-state index >= 15 is 0 Å². The summed E-state index contributed by atoms with van der Waals surface area (Å²) >= 11 is 6.86. The Morgan fingerprint density at radius 1 is 1.41 bits per heavy atom. The van der Waals surface area contributed by atoms with E-state index in [1.807, 2.05) is 0 Å². The summed E-state index contributed by atoms with van der Waals surface area (Å²) in [7, 11) is 0. The maximum Gasteiger partial charge on any atom is 0.450 e. The van der Waals surface area contributed by atoms with Gasteiger partial charge in [0.1, 0.15) is 5.01 Å². The predicted molar refractivity (Wildman–Crippen MR) is 59.4 cm³/mol. The lowest BCUT2D eigenvalue weighted by atomic mass is 10.3. The van der Waals surface area contributed by atoms with Crippen molar-refractivity contribution in [2.75, 3.05) is 0 Å². The molecule has 0 radical (unpaired) electrons. The van der Waals surface area contributed by atoms with Crippen LogP contribution in [0.1, 0.15) is 5.01 Å². The van der Waals surface area contributed by atoms with E-state index in [1.54, 1.807) is 18.2 Å². The first-order chi connectivity index (χ1) is 7.88. The fourth-order valence-corrected chi connectivity index (χ4v) is 2.53. The van der Waals surface area contributed by atoms with Crippen molar-refractivity contribution in [3.05, 3.63) is 28.2 Å². The Morgan fingerprint density at radius 3 is 2.71 bits per heavy atom. The number of carbonyl (C=O) groups is 1. The number of hydrogen-bond donors (Lipinski definition) is 0. The average Bonchev–Trinajstić information content (AvgIpc) is 2.60. The van der Waals surface area contributed by atoms with Crippen molar-refractivity contribution in [3.63, 3.8) is 0 Å². The third-order valence-corrected chi connectivity index (χ3v) is 3.57. The smallest absolute Gasteiger partial charge is 0.289 e. The molecule has 0 saturated heterocycles. The van der Waals surface area contributed by atoms with E-state index in [0.29, 0.717) is 15.2 Å². The number of ketones is 1. The van der Waals surface area contributed by atoms with E-state index in [9.17, 15) is 18.0 Å². The molecule has 2 rings (SSSR count). The number of carbonyl (C=O) groups excluding carboxylic acids is 1. The molecular weight excluding hydrogens is 275 g/mol. The summed E-state index contributed by atoms with van der Waals surface area (Å²) in [6, 6.07) is 4.91. The number of halogens is 4. The number of rotatable bonds is 2. The molecule has 2 nitrogen and oxygen atoms in total. The monoisotopic (exact) mass is 279 g/mol. The first kappa shape index (κ1) is 12.3. The number of hydrogen-bond acceptors (Lipinski definition) is 3. The molecular formula is C10H5ClF3NOS. The third kappa shape index (κ3) is 2.58. The Hall–Kier alpha value is -1.14. The largest absolute Gasteiger partial charge is 0.450 e. The van der Waals surface area contributed by atoms with Gasteiger partial charge in [-0.3, -0.25) is 4.79 Å². The summed E-state index contributed by atoms with van der Waals surface area (Å²) in [6.45, 7) is 0. The maximum atomic E-state index is 12.1. The van der Waals surface area contributed by atoms with Crippen LogP contribution in [0.2, 0.25) is 5.02 Å². The van der Waals surface area contributed by atoms with Gasteiger partial charge >= 0.3 is 6.18 Å². The molecule has 0 spiro atoms. The van der Waals surface area contributed by atoms with Crippen LogP contribution in [0.4, 0.5) is 13.2 Å². The van der Waals surface area contributed by atoms with Crippen molar-refractivity contribution in [2.24, 2.45) is 0 Å². The van der Waals surface area contributed by atoms with Gasteiger partial charge in [-0.05, 0) is 12.1 Å². The molecule has 1 heterocycles. The lowest BCUT2D eigenvalue weighted by molar-refractivity contribution is -0.170. The van der Waals surface area contributed by atoms with Crippen LogP contribution in [-0.2, 0) is 11.2 Å². The van der Waals surface area contributed by atoms with Crippen LogP contribution < -0.4 is 0 Å². The first-order valence-electron chi connectivity index (χ1n) is 4.52. The van der Waals surface area contributed by atoms with Crippen molar-refractivity contribution >= 4 is 38.9 Å². The highest BCUT2D eigenvalue weighted by molar-refractivity contribution is 7.19. The highest BCUT2D eigenvalue weighted by Gasteiger charge is 2.38. The van der Waals surface area contributed by atoms with Crippen molar-refractivity contribution in [2.45, 2.75) is 12.6 Å². The summed E-state index contributed by atoms with van der Waals surface area (Å²) in [6.07, 6.45) is -5.55. The fourth-order valence-electron chi connectivity index (χ4n) is 1.27. The van der Waals surface area contributed by atoms with Crippen molar-refractivity contribution in [1.82, 2.24) is 4.98 Å². The van der Waals surface area contributed by atoms with Crippen LogP contribution in [0.3, 0.4) is 0 Å². The molecule has 0 unspecified atom stereocenters. The number of benzene rings is 1. The molecule has 0 aliphatic carbocycles. The summed E-state index contributed by atoms with van der Waals surface area (Å²) in [5.41, 5.74) is 0.507. The Kier molecular flexibility index (Phi) is 3.09. The van der Waals surface area contributed by atoms with Crippen molar-refractivity contribution in [1.29, 1.82) is 0 Å². The van der Waals surface area contributed by atoms with Crippen molar-refractivity contribution in [3.8, 4) is 0 Å². The lowest BCUT2D eigenvalue weighted by Crippen LogP contribution is -2.24. The summed E-state index contributed by atoms with van der Waals surface area (Å²) in [5, 5.41) is 0.543. The zero-order valence-electron chi connectivity index (χ0n) is 8.21. The topological polar surface area (TPSA) is 30.0 Å². The van der Waals surface area contributed by atoms with E-state index in [1.165, 1.54) is 0 Å². The van der Waals surface area contributed by atoms with Crippen LogP contribution in [0.25, 0.3) is 10.2 Å². The van der Waals surface area contributed by atoms with Crippen LogP contribution in [0.15, 0.2) is 18.2 Å². The fraction of sp³-hybridized carbons (Fsp3) is 0.200. The first-order valence-corrected chi connectivity index (χ1v) is 5.71. The molecule has 2 aromatic rings. The van der Waals surface area contributed by atoms with Gasteiger partial charge in [-0.25, -0.2) is 4.98 Å². The number of thiazole rings is 1. The molecule has 0 bridgehead atoms. The Labute approximate surface area is 103 Å². The molecule has 7 heteroatoms. The van der Waals surface area contributed by atoms with E-state index in [0.717, 1.165) is 11.3 Å². The van der Waals surface area contributed by atoms with Crippen LogP contribution in [-0.4, -0.2) is 16.9 Å². The molecule has 0 N–H and O–H groups in total. The Balaban J connectivity index is 2.32. The maximum absolute atomic E-state index is 12.1. The molecule has 0 saturated carbocycles. The van der Waals surface area contributed by atoms with Crippen LogP contribution in [0.5, 0.6) is 0 Å². The van der Waals surface area contributed by atoms with E-state index in [2.05, 4.69) is 4.98 Å². The Bertz CT molecular complexity index is 578. The van der Waals surface area contributed by atoms with Gasteiger partial charge in [0, 0.05) is 0 Å². The van der Waals surface area contributed by atoms with Gasteiger partial charge < -0.3 is 0 Å². The average molecular weight is 280 g/mol. The molecule has 1 aromatic heterocycles. The highest BCUT2D eigenvalue weighted by atomic mass is 35.5. The second kappa shape index (κ2) is 4.27. The molecule has 0 amide bonds. The van der Waals surface area contributed by atoms with Gasteiger partial charge in [0.25, 0.3) is 0 Å². The van der Waals surface area contributed by atoms with E-state index < -0.39 is 18.4 Å². The molecule has 1 aromatic carbocycles. The Morgan fingerprint density at radius 2 is 2.12 bits per heavy atom. The number of fused-ring (bicyclic) bond motifs is 1. The van der Waals surface area contributed by atoms with Gasteiger partial charge in [-0.2, -0.15) is 13.2 Å². The van der Waals surface area contributed by atoms with E-state index in [4.69, 9.17) is 11.6 Å². The van der Waals surface area contributed by atoms with Gasteiger partial charge in [0.2, 0.25) is 5.78 Å². The second-order valence-electron chi connectivity index (χ2n) is 3.29. The predicted octanol–water partition coefficient (Wildman–Crippen LogP) is 3.62. The highest BCUT2D eigenvalue weighted by Crippen LogP contribution is 2.30. The zero-order valence-corrected chi connectivity index (χ0v) is 9.79. The molecule has 90 valence electrons. The summed E-state index contributed by atoms with van der Waals surface area (Å²) in [4.78, 5) is 14.7. The van der Waals surface area contributed by atoms with Crippen LogP contribution >= 0.6 is 22.9 Å². The number of aromatic nitrogens is 1. The second-order valence-corrected chi connectivity index (χ2v) is 4.78. The van der Waals surface area contributed by atoms with Gasteiger partial charge in [0.05, 0.1) is 21.7 Å². The minimum atomic E-state index is -4.82. The normalized spacial score (nSPS) is 12.0. The standard InChI is InChI=1S/C10H5ClF3NOS/c11-5-2-1-3-6-9(5)17-8(15-6)4-7(16)10(12,13)14/h1-3H,4H2. The number of alkyl halides is 3. The minimum absolute atomic E-state index is 0.121. The summed E-state index contributed by atoms with van der Waals surface area (Å²) in [5.74, 6) is -1.80. The quantitative estimate of drug-likeness (QED) is 0.840. The van der Waals surface area contributed by atoms with Gasteiger partial charge in [-0.15, -0.1) is 11.3 Å². The van der Waals surface area contributed by atoms with E-state index in [-0.39, 0.29) is 5.01 Å². The molecule has 0 aliphatic heterocycles. The zero-order chi connectivity index (χ0) is 12.6. The van der Waals surface area contributed by atoms with Crippen molar-refractivity contribution < 1.29 is 18.0 Å². The van der Waals surface area contributed by atoms with Crippen LogP contribution in [0, 0.1) is 0 Å². The SMILES string of the molecule is O=C(Cc1nc2cccc(Cl)c2s1)C(F)(F)F. The molecule has 0 fully saturated rings. The number of Topliss-reactive ketones (excluding diaryl/α,β-unsaturated/α-hetero) is 1. The van der Waals surface area contributed by atoms with Gasteiger partial charge in [0.15, 0.2) is 0 Å². The molecule has 0 atom stereocenters. The minimum Gasteiger partial charge on any atom is -0.289 e. The summed E-state index contributed by atoms with van der Waals surface area (Å²) < 4.78 is 36.8. The van der Waals surface area contributed by atoms with Gasteiger partial charge in [-0.1, -0.05) is 17.7 Å². The third-order valence-electron chi connectivity index (χ3n) is 2.04. The molecule has 17 heavy (non-hydrogen) atoms. The molecule has 0 aliphatic rings. The lowest BCUT2D eigenvalue weighted by Gasteiger charge is -2.01.